The van der Waals surface area contributed by atoms with Crippen molar-refractivity contribution in [3.63, 3.8) is 0 Å². The van der Waals surface area contributed by atoms with Crippen LogP contribution in [0.25, 0.3) is 16.8 Å². The molecule has 1 N–H and O–H groups in total. The average Bonchev–Trinajstić information content (AvgIpc) is 3.23. The second kappa shape index (κ2) is 8.25. The number of aromatic nitrogens is 3. The molecule has 164 valence electrons. The molecule has 0 saturated carbocycles. The van der Waals surface area contributed by atoms with E-state index in [1.54, 1.807) is 35.0 Å². The summed E-state index contributed by atoms with van der Waals surface area (Å²) in [6, 6.07) is 18.9. The maximum absolute atomic E-state index is 11.7. The van der Waals surface area contributed by atoms with Crippen molar-refractivity contribution in [2.75, 3.05) is 42.8 Å². The highest BCUT2D eigenvalue weighted by molar-refractivity contribution is 7.90. The van der Waals surface area contributed by atoms with Crippen LogP contribution in [0, 0.1) is 0 Å². The van der Waals surface area contributed by atoms with Crippen LogP contribution in [0.3, 0.4) is 0 Å². The molecule has 0 atom stereocenters. The monoisotopic (exact) mass is 449 g/mol. The highest BCUT2D eigenvalue weighted by Gasteiger charge is 2.12. The zero-order valence-corrected chi connectivity index (χ0v) is 18.4. The number of fused-ring (bicyclic) bond motifs is 1. The first-order valence-electron chi connectivity index (χ1n) is 10.3. The molecule has 0 radical (unpaired) electrons. The first-order chi connectivity index (χ1) is 15.5. The lowest BCUT2D eigenvalue weighted by atomic mass is 10.2. The van der Waals surface area contributed by atoms with E-state index < -0.39 is 9.84 Å². The zero-order chi connectivity index (χ0) is 22.1. The summed E-state index contributed by atoms with van der Waals surface area (Å²) in [6.45, 7) is 3.30. The van der Waals surface area contributed by atoms with Crippen molar-refractivity contribution in [1.82, 2.24) is 14.6 Å². The van der Waals surface area contributed by atoms with Crippen molar-refractivity contribution < 1.29 is 13.2 Å². The van der Waals surface area contributed by atoms with Crippen LogP contribution in [0.1, 0.15) is 0 Å². The maximum atomic E-state index is 11.7. The Labute approximate surface area is 186 Å². The Balaban J connectivity index is 1.39. The van der Waals surface area contributed by atoms with Crippen molar-refractivity contribution in [2.24, 2.45) is 0 Å². The molecule has 8 nitrogen and oxygen atoms in total. The van der Waals surface area contributed by atoms with Gasteiger partial charge in [0, 0.05) is 36.3 Å². The highest BCUT2D eigenvalue weighted by Crippen LogP contribution is 2.25. The Morgan fingerprint density at radius 2 is 1.66 bits per heavy atom. The summed E-state index contributed by atoms with van der Waals surface area (Å²) in [6.07, 6.45) is 2.96. The van der Waals surface area contributed by atoms with Crippen LogP contribution in [0.15, 0.2) is 71.8 Å². The van der Waals surface area contributed by atoms with E-state index in [1.807, 2.05) is 24.3 Å². The van der Waals surface area contributed by atoms with Crippen molar-refractivity contribution >= 4 is 32.7 Å². The standard InChI is InChI=1S/C23H23N5O3S/c1-32(29,30)21-9-2-17(3-10-21)22-11-8-20-16-24-23(26-28(20)22)25-18-4-6-19(7-5-18)27-12-14-31-15-13-27/h2-11,16H,12-15H2,1H3,(H,25,26). The Kier molecular flexibility index (Phi) is 5.28. The molecule has 1 saturated heterocycles. The largest absolute Gasteiger partial charge is 0.378 e. The third-order valence-electron chi connectivity index (χ3n) is 5.48. The molecule has 0 aliphatic carbocycles. The summed E-state index contributed by atoms with van der Waals surface area (Å²) in [4.78, 5) is 7.01. The number of morpholine rings is 1. The van der Waals surface area contributed by atoms with Gasteiger partial charge in [-0.25, -0.2) is 17.9 Å². The van der Waals surface area contributed by atoms with Crippen LogP contribution < -0.4 is 10.2 Å². The molecule has 2 aromatic heterocycles. The van der Waals surface area contributed by atoms with E-state index in [9.17, 15) is 8.42 Å². The fourth-order valence-corrected chi connectivity index (χ4v) is 4.39. The van der Waals surface area contributed by atoms with Gasteiger partial charge in [0.1, 0.15) is 0 Å². The summed E-state index contributed by atoms with van der Waals surface area (Å²) in [7, 11) is -3.23. The normalized spacial score (nSPS) is 14.6. The average molecular weight is 450 g/mol. The summed E-state index contributed by atoms with van der Waals surface area (Å²) < 4.78 is 30.7. The number of hydrogen-bond acceptors (Lipinski definition) is 7. The van der Waals surface area contributed by atoms with Crippen LogP contribution >= 0.6 is 0 Å². The van der Waals surface area contributed by atoms with Gasteiger partial charge >= 0.3 is 0 Å². The lowest BCUT2D eigenvalue weighted by molar-refractivity contribution is 0.122. The molecule has 0 amide bonds. The molecule has 32 heavy (non-hydrogen) atoms. The van der Waals surface area contributed by atoms with Gasteiger partial charge in [-0.3, -0.25) is 0 Å². The van der Waals surface area contributed by atoms with Gasteiger partial charge in [0.25, 0.3) is 0 Å². The number of benzene rings is 2. The van der Waals surface area contributed by atoms with Gasteiger partial charge in [-0.1, -0.05) is 12.1 Å². The molecule has 0 unspecified atom stereocenters. The number of nitrogens with zero attached hydrogens (tertiary/aromatic N) is 4. The van der Waals surface area contributed by atoms with Crippen LogP contribution in [-0.2, 0) is 14.6 Å². The molecule has 1 aliphatic rings. The van der Waals surface area contributed by atoms with Gasteiger partial charge in [-0.2, -0.15) is 0 Å². The van der Waals surface area contributed by atoms with E-state index in [1.165, 1.54) is 11.9 Å². The van der Waals surface area contributed by atoms with Crippen LogP contribution in [0.2, 0.25) is 0 Å². The first-order valence-corrected chi connectivity index (χ1v) is 12.2. The van der Waals surface area contributed by atoms with Crippen LogP contribution in [0.4, 0.5) is 17.3 Å². The second-order valence-electron chi connectivity index (χ2n) is 7.70. The third kappa shape index (κ3) is 4.17. The second-order valence-corrected chi connectivity index (χ2v) is 9.72. The van der Waals surface area contributed by atoms with Gasteiger partial charge in [-0.15, -0.1) is 5.10 Å². The zero-order valence-electron chi connectivity index (χ0n) is 17.6. The number of ether oxygens (including phenoxy) is 1. The van der Waals surface area contributed by atoms with Gasteiger partial charge in [0.15, 0.2) is 9.84 Å². The van der Waals surface area contributed by atoms with Gasteiger partial charge < -0.3 is 15.0 Å². The molecular weight excluding hydrogens is 426 g/mol. The number of rotatable bonds is 5. The summed E-state index contributed by atoms with van der Waals surface area (Å²) in [5, 5.41) is 7.90. The fraction of sp³-hybridized carbons (Fsp3) is 0.217. The quantitative estimate of drug-likeness (QED) is 0.500. The minimum absolute atomic E-state index is 0.291. The number of anilines is 3. The molecule has 4 aromatic rings. The summed E-state index contributed by atoms with van der Waals surface area (Å²) in [5.74, 6) is 0.474. The van der Waals surface area contributed by atoms with Crippen molar-refractivity contribution in [2.45, 2.75) is 4.90 Å². The van der Waals surface area contributed by atoms with Crippen molar-refractivity contribution in [3.05, 3.63) is 66.9 Å². The lowest BCUT2D eigenvalue weighted by Gasteiger charge is -2.28. The van der Waals surface area contributed by atoms with Crippen molar-refractivity contribution in [3.8, 4) is 11.3 Å². The van der Waals surface area contributed by atoms with Gasteiger partial charge in [0.2, 0.25) is 5.95 Å². The molecule has 1 aliphatic heterocycles. The first kappa shape index (κ1) is 20.5. The lowest BCUT2D eigenvalue weighted by Crippen LogP contribution is -2.36. The molecule has 9 heteroatoms. The van der Waals surface area contributed by atoms with E-state index in [-0.39, 0.29) is 0 Å². The van der Waals surface area contributed by atoms with Crippen LogP contribution in [-0.4, -0.2) is 55.6 Å². The van der Waals surface area contributed by atoms with E-state index in [2.05, 4.69) is 32.4 Å². The topological polar surface area (TPSA) is 88.8 Å². The third-order valence-corrected chi connectivity index (χ3v) is 6.60. The smallest absolute Gasteiger partial charge is 0.245 e. The summed E-state index contributed by atoms with van der Waals surface area (Å²) >= 11 is 0. The molecule has 2 aromatic carbocycles. The fourth-order valence-electron chi connectivity index (χ4n) is 3.76. The summed E-state index contributed by atoms with van der Waals surface area (Å²) in [5.41, 5.74) is 4.64. The molecule has 0 spiro atoms. The highest BCUT2D eigenvalue weighted by atomic mass is 32.2. The van der Waals surface area contributed by atoms with E-state index in [4.69, 9.17) is 4.74 Å². The van der Waals surface area contributed by atoms with Crippen molar-refractivity contribution in [1.29, 1.82) is 0 Å². The van der Waals surface area contributed by atoms with Gasteiger partial charge in [-0.05, 0) is 48.5 Å². The van der Waals surface area contributed by atoms with Gasteiger partial charge in [0.05, 0.1) is 35.5 Å². The minimum atomic E-state index is -3.23. The number of sulfone groups is 1. The number of nitrogens with one attached hydrogen (secondary N) is 1. The van der Waals surface area contributed by atoms with Crippen LogP contribution in [0.5, 0.6) is 0 Å². The predicted octanol–water partition coefficient (Wildman–Crippen LogP) is 3.38. The Morgan fingerprint density at radius 3 is 2.34 bits per heavy atom. The Hall–Kier alpha value is -3.43. The SMILES string of the molecule is CS(=O)(=O)c1ccc(-c2ccc3cnc(Nc4ccc(N5CCOCC5)cc4)nn23)cc1. The van der Waals surface area contributed by atoms with E-state index in [0.29, 0.717) is 10.8 Å². The Morgan fingerprint density at radius 1 is 0.938 bits per heavy atom. The molecule has 5 rings (SSSR count). The molecule has 0 bridgehead atoms. The molecule has 1 fully saturated rings. The number of hydrogen-bond donors (Lipinski definition) is 1. The maximum Gasteiger partial charge on any atom is 0.245 e. The van der Waals surface area contributed by atoms with E-state index in [0.717, 1.165) is 48.8 Å². The molecule has 3 heterocycles. The predicted molar refractivity (Wildman–Crippen MR) is 124 cm³/mol. The molecular formula is C23H23N5O3S. The Bertz CT molecular complexity index is 1340. The minimum Gasteiger partial charge on any atom is -0.378 e. The van der Waals surface area contributed by atoms with E-state index >= 15 is 0 Å².